The summed E-state index contributed by atoms with van der Waals surface area (Å²) in [5.74, 6) is 0.610. The van der Waals surface area contributed by atoms with Crippen molar-refractivity contribution in [2.45, 2.75) is 18.6 Å². The van der Waals surface area contributed by atoms with Gasteiger partial charge in [0.15, 0.2) is 11.5 Å². The third-order valence-electron chi connectivity index (χ3n) is 3.18. The van der Waals surface area contributed by atoms with Crippen LogP contribution in [0.25, 0.3) is 0 Å². The van der Waals surface area contributed by atoms with E-state index in [2.05, 4.69) is 0 Å². The Bertz CT molecular complexity index is 571. The van der Waals surface area contributed by atoms with Crippen LogP contribution in [0.4, 0.5) is 4.39 Å². The van der Waals surface area contributed by atoms with Crippen molar-refractivity contribution in [2.75, 3.05) is 6.54 Å². The van der Waals surface area contributed by atoms with Crippen molar-refractivity contribution in [1.82, 2.24) is 0 Å². The molecule has 0 fully saturated rings. The molecule has 0 radical (unpaired) electrons. The number of allylic oxidation sites excluding steroid dienone is 4. The van der Waals surface area contributed by atoms with Crippen molar-refractivity contribution in [3.63, 3.8) is 0 Å². The summed E-state index contributed by atoms with van der Waals surface area (Å²) in [6.07, 6.45) is 5.75. The number of benzene rings is 1. The molecule has 0 saturated heterocycles. The molecule has 2 N–H and O–H groups in total. The SMILES string of the molecule is NCC1Oc2cc(F)cc(C3C=CC=C(Cl)C3)c2O1. The fourth-order valence-corrected chi connectivity index (χ4v) is 2.56. The fraction of sp³-hybridized carbons (Fsp3) is 0.286. The number of fused-ring (bicyclic) bond motifs is 1. The van der Waals surface area contributed by atoms with Crippen molar-refractivity contribution in [1.29, 1.82) is 0 Å². The summed E-state index contributed by atoms with van der Waals surface area (Å²) in [6, 6.07) is 2.78. The molecule has 1 aromatic rings. The minimum absolute atomic E-state index is 0.0120. The quantitative estimate of drug-likeness (QED) is 0.906. The van der Waals surface area contributed by atoms with Gasteiger partial charge >= 0.3 is 0 Å². The molecule has 1 aliphatic heterocycles. The number of hydrogen-bond donors (Lipinski definition) is 1. The van der Waals surface area contributed by atoms with Crippen LogP contribution in [0.1, 0.15) is 17.9 Å². The Kier molecular flexibility index (Phi) is 3.21. The predicted octanol–water partition coefficient (Wildman–Crippen LogP) is 3.05. The van der Waals surface area contributed by atoms with Crippen LogP contribution in [0.3, 0.4) is 0 Å². The van der Waals surface area contributed by atoms with E-state index >= 15 is 0 Å². The van der Waals surface area contributed by atoms with Crippen molar-refractivity contribution in [2.24, 2.45) is 5.73 Å². The van der Waals surface area contributed by atoms with Gasteiger partial charge in [-0.05, 0) is 18.6 Å². The molecule has 0 saturated carbocycles. The number of hydrogen-bond acceptors (Lipinski definition) is 3. The zero-order chi connectivity index (χ0) is 13.4. The van der Waals surface area contributed by atoms with Crippen LogP contribution in [-0.2, 0) is 0 Å². The Morgan fingerprint density at radius 2 is 2.21 bits per heavy atom. The lowest BCUT2D eigenvalue weighted by Crippen LogP contribution is -2.28. The molecule has 2 aliphatic rings. The maximum absolute atomic E-state index is 13.7. The van der Waals surface area contributed by atoms with Crippen LogP contribution in [-0.4, -0.2) is 12.8 Å². The number of ether oxygens (including phenoxy) is 2. The topological polar surface area (TPSA) is 44.5 Å². The van der Waals surface area contributed by atoms with Crippen LogP contribution in [0, 0.1) is 5.82 Å². The zero-order valence-electron chi connectivity index (χ0n) is 10.1. The van der Waals surface area contributed by atoms with Crippen molar-refractivity contribution in [3.8, 4) is 11.5 Å². The summed E-state index contributed by atoms with van der Waals surface area (Å²) in [4.78, 5) is 0. The second-order valence-corrected chi connectivity index (χ2v) is 5.02. The summed E-state index contributed by atoms with van der Waals surface area (Å²) in [7, 11) is 0. The van der Waals surface area contributed by atoms with Crippen molar-refractivity contribution < 1.29 is 13.9 Å². The molecule has 2 atom stereocenters. The molecule has 2 unspecified atom stereocenters. The lowest BCUT2D eigenvalue weighted by atomic mass is 9.91. The van der Waals surface area contributed by atoms with Gasteiger partial charge < -0.3 is 15.2 Å². The highest BCUT2D eigenvalue weighted by molar-refractivity contribution is 6.29. The van der Waals surface area contributed by atoms with E-state index in [0.29, 0.717) is 17.9 Å². The van der Waals surface area contributed by atoms with E-state index in [1.165, 1.54) is 12.1 Å². The van der Waals surface area contributed by atoms with Gasteiger partial charge in [0.25, 0.3) is 6.29 Å². The molecule has 0 aromatic heterocycles. The van der Waals surface area contributed by atoms with E-state index in [4.69, 9.17) is 26.8 Å². The van der Waals surface area contributed by atoms with Crippen molar-refractivity contribution in [3.05, 3.63) is 46.8 Å². The molecule has 19 heavy (non-hydrogen) atoms. The van der Waals surface area contributed by atoms with Crippen LogP contribution in [0.5, 0.6) is 11.5 Å². The largest absolute Gasteiger partial charge is 0.449 e. The fourth-order valence-electron chi connectivity index (χ4n) is 2.33. The van der Waals surface area contributed by atoms with Crippen LogP contribution in [0.15, 0.2) is 35.4 Å². The minimum Gasteiger partial charge on any atom is -0.449 e. The number of halogens is 2. The van der Waals surface area contributed by atoms with E-state index in [1.54, 1.807) is 0 Å². The summed E-state index contributed by atoms with van der Waals surface area (Å²) in [5.41, 5.74) is 6.26. The summed E-state index contributed by atoms with van der Waals surface area (Å²) in [6.45, 7) is 0.219. The Labute approximate surface area is 115 Å². The van der Waals surface area contributed by atoms with Gasteiger partial charge in [0, 0.05) is 22.6 Å². The van der Waals surface area contributed by atoms with Crippen LogP contribution >= 0.6 is 11.6 Å². The lowest BCUT2D eigenvalue weighted by molar-refractivity contribution is 0.0574. The van der Waals surface area contributed by atoms with Gasteiger partial charge in [-0.3, -0.25) is 0 Å². The Balaban J connectivity index is 1.99. The number of rotatable bonds is 2. The Hall–Kier alpha value is -1.52. The molecular formula is C14H13ClFNO2. The molecule has 5 heteroatoms. The molecule has 1 aliphatic carbocycles. The van der Waals surface area contributed by atoms with E-state index in [0.717, 1.165) is 10.6 Å². The summed E-state index contributed by atoms with van der Waals surface area (Å²) >= 11 is 6.03. The lowest BCUT2D eigenvalue weighted by Gasteiger charge is -2.17. The molecule has 1 aromatic carbocycles. The first-order valence-electron chi connectivity index (χ1n) is 6.07. The van der Waals surface area contributed by atoms with Gasteiger partial charge in [-0.15, -0.1) is 0 Å². The second kappa shape index (κ2) is 4.87. The minimum atomic E-state index is -0.547. The van der Waals surface area contributed by atoms with Crippen LogP contribution < -0.4 is 15.2 Å². The maximum atomic E-state index is 13.7. The third-order valence-corrected chi connectivity index (χ3v) is 3.46. The molecule has 3 nitrogen and oxygen atoms in total. The van der Waals surface area contributed by atoms with E-state index in [9.17, 15) is 4.39 Å². The molecular weight excluding hydrogens is 269 g/mol. The predicted molar refractivity (Wildman–Crippen MR) is 70.9 cm³/mol. The van der Waals surface area contributed by atoms with Crippen molar-refractivity contribution >= 4 is 11.6 Å². The van der Waals surface area contributed by atoms with Gasteiger partial charge in [0.1, 0.15) is 5.82 Å². The van der Waals surface area contributed by atoms with E-state index < -0.39 is 6.29 Å². The number of nitrogens with two attached hydrogens (primary N) is 1. The molecule has 0 spiro atoms. The molecule has 0 amide bonds. The standard InChI is InChI=1S/C14H13ClFNO2/c15-9-3-1-2-8(4-9)11-5-10(16)6-12-14(11)19-13(7-17)18-12/h1-3,5-6,8,13H,4,7,17H2. The molecule has 100 valence electrons. The van der Waals surface area contributed by atoms with E-state index in [-0.39, 0.29) is 18.3 Å². The normalized spacial score (nSPS) is 24.5. The Morgan fingerprint density at radius 1 is 1.37 bits per heavy atom. The summed E-state index contributed by atoms with van der Waals surface area (Å²) in [5, 5.41) is 0.736. The first kappa shape index (κ1) is 12.5. The summed E-state index contributed by atoms with van der Waals surface area (Å²) < 4.78 is 24.7. The average Bonchev–Trinajstić information content (AvgIpc) is 2.80. The first-order valence-corrected chi connectivity index (χ1v) is 6.45. The monoisotopic (exact) mass is 281 g/mol. The molecule has 3 rings (SSSR count). The smallest absolute Gasteiger partial charge is 0.253 e. The van der Waals surface area contributed by atoms with Gasteiger partial charge in [-0.2, -0.15) is 0 Å². The Morgan fingerprint density at radius 3 is 2.95 bits per heavy atom. The molecule has 1 heterocycles. The van der Waals surface area contributed by atoms with Gasteiger partial charge in [-0.1, -0.05) is 23.8 Å². The zero-order valence-corrected chi connectivity index (χ0v) is 10.9. The average molecular weight is 282 g/mol. The highest BCUT2D eigenvalue weighted by atomic mass is 35.5. The van der Waals surface area contributed by atoms with Gasteiger partial charge in [0.05, 0.1) is 6.54 Å². The second-order valence-electron chi connectivity index (χ2n) is 4.53. The van der Waals surface area contributed by atoms with Crippen LogP contribution in [0.2, 0.25) is 0 Å². The third kappa shape index (κ3) is 2.33. The highest BCUT2D eigenvalue weighted by Crippen LogP contribution is 2.44. The van der Waals surface area contributed by atoms with E-state index in [1.807, 2.05) is 18.2 Å². The van der Waals surface area contributed by atoms with Gasteiger partial charge in [0.2, 0.25) is 0 Å². The molecule has 0 bridgehead atoms. The maximum Gasteiger partial charge on any atom is 0.253 e. The first-order chi connectivity index (χ1) is 9.17. The van der Waals surface area contributed by atoms with Gasteiger partial charge in [-0.25, -0.2) is 4.39 Å². The highest BCUT2D eigenvalue weighted by Gasteiger charge is 2.29.